The van der Waals surface area contributed by atoms with Gasteiger partial charge in [-0.25, -0.2) is 4.79 Å². The quantitative estimate of drug-likeness (QED) is 0.269. The summed E-state index contributed by atoms with van der Waals surface area (Å²) in [5.74, 6) is -0.345. The third kappa shape index (κ3) is 3.47. The molecule has 0 amide bonds. The first kappa shape index (κ1) is 15.0. The van der Waals surface area contributed by atoms with E-state index in [1.807, 2.05) is 37.3 Å². The van der Waals surface area contributed by atoms with Gasteiger partial charge < -0.3 is 4.74 Å². The van der Waals surface area contributed by atoms with Crippen LogP contribution in [-0.4, -0.2) is 26.2 Å². The lowest BCUT2D eigenvalue weighted by Crippen LogP contribution is -2.50. The highest BCUT2D eigenvalue weighted by atomic mass is 16.5. The Morgan fingerprint density at radius 1 is 1.47 bits per heavy atom. The van der Waals surface area contributed by atoms with Crippen molar-refractivity contribution in [2.45, 2.75) is 18.9 Å². The SMILES string of the molecule is CCC(NCCN=[N+]=[N-])(C(=O)OC)c1ccccc1. The molecule has 6 heteroatoms. The van der Waals surface area contributed by atoms with Crippen LogP contribution in [0.4, 0.5) is 0 Å². The van der Waals surface area contributed by atoms with Crippen LogP contribution in [0.3, 0.4) is 0 Å². The molecule has 19 heavy (non-hydrogen) atoms. The molecule has 1 aromatic carbocycles. The first-order chi connectivity index (χ1) is 9.21. The normalized spacial score (nSPS) is 13.2. The molecule has 1 aromatic rings. The van der Waals surface area contributed by atoms with Gasteiger partial charge in [-0.2, -0.15) is 0 Å². The molecule has 0 aliphatic rings. The van der Waals surface area contributed by atoms with Crippen LogP contribution in [0, 0.1) is 0 Å². The van der Waals surface area contributed by atoms with Gasteiger partial charge in [-0.05, 0) is 17.5 Å². The fourth-order valence-corrected chi connectivity index (χ4v) is 2.03. The van der Waals surface area contributed by atoms with Crippen molar-refractivity contribution >= 4 is 5.97 Å². The first-order valence-corrected chi connectivity index (χ1v) is 6.11. The molecule has 0 saturated carbocycles. The lowest BCUT2D eigenvalue weighted by atomic mass is 9.87. The number of methoxy groups -OCH3 is 1. The van der Waals surface area contributed by atoms with Gasteiger partial charge in [0, 0.05) is 18.0 Å². The predicted molar refractivity (Wildman–Crippen MR) is 72.4 cm³/mol. The van der Waals surface area contributed by atoms with Crippen molar-refractivity contribution in [3.8, 4) is 0 Å². The number of rotatable bonds is 7. The molecule has 0 fully saturated rings. The second-order valence-electron chi connectivity index (χ2n) is 4.00. The number of hydrogen-bond acceptors (Lipinski definition) is 4. The van der Waals surface area contributed by atoms with Crippen LogP contribution < -0.4 is 5.32 Å². The summed E-state index contributed by atoms with van der Waals surface area (Å²) in [6, 6.07) is 9.39. The summed E-state index contributed by atoms with van der Waals surface area (Å²) in [5, 5.41) is 6.60. The zero-order valence-corrected chi connectivity index (χ0v) is 11.2. The number of nitrogens with zero attached hydrogens (tertiary/aromatic N) is 3. The van der Waals surface area contributed by atoms with E-state index in [0.29, 0.717) is 13.0 Å². The molecular weight excluding hydrogens is 244 g/mol. The Bertz CT molecular complexity index is 457. The molecule has 1 unspecified atom stereocenters. The minimum Gasteiger partial charge on any atom is -0.467 e. The largest absolute Gasteiger partial charge is 0.467 e. The van der Waals surface area contributed by atoms with E-state index in [9.17, 15) is 4.79 Å². The van der Waals surface area contributed by atoms with Gasteiger partial charge in [-0.15, -0.1) is 0 Å². The second kappa shape index (κ2) is 7.41. The Morgan fingerprint density at radius 3 is 2.68 bits per heavy atom. The van der Waals surface area contributed by atoms with E-state index in [4.69, 9.17) is 10.3 Å². The molecule has 0 saturated heterocycles. The van der Waals surface area contributed by atoms with Crippen LogP contribution in [0.2, 0.25) is 0 Å². The maximum atomic E-state index is 12.1. The van der Waals surface area contributed by atoms with E-state index in [1.165, 1.54) is 7.11 Å². The molecule has 0 aliphatic carbocycles. The lowest BCUT2D eigenvalue weighted by Gasteiger charge is -2.31. The van der Waals surface area contributed by atoms with Crippen molar-refractivity contribution in [3.63, 3.8) is 0 Å². The van der Waals surface area contributed by atoms with Crippen LogP contribution in [0.25, 0.3) is 10.4 Å². The van der Waals surface area contributed by atoms with Crippen molar-refractivity contribution < 1.29 is 9.53 Å². The summed E-state index contributed by atoms with van der Waals surface area (Å²) in [5.41, 5.74) is 8.20. The van der Waals surface area contributed by atoms with Crippen LogP contribution in [0.1, 0.15) is 18.9 Å². The standard InChI is InChI=1S/C13H18N4O2/c1-3-13(12(18)19-2,15-9-10-16-17-14)11-7-5-4-6-8-11/h4-8,15H,3,9-10H2,1-2H3. The topological polar surface area (TPSA) is 87.1 Å². The minimum absolute atomic E-state index is 0.280. The molecular formula is C13H18N4O2. The Hall–Kier alpha value is -2.04. The Kier molecular flexibility index (Phi) is 5.85. The molecule has 0 aromatic heterocycles. The molecule has 0 radical (unpaired) electrons. The van der Waals surface area contributed by atoms with Crippen LogP contribution in [0.15, 0.2) is 35.4 Å². The molecule has 0 bridgehead atoms. The molecule has 1 rings (SSSR count). The van der Waals surface area contributed by atoms with Crippen molar-refractivity contribution in [1.29, 1.82) is 0 Å². The lowest BCUT2D eigenvalue weighted by molar-refractivity contribution is -0.149. The van der Waals surface area contributed by atoms with Crippen molar-refractivity contribution in [3.05, 3.63) is 46.3 Å². The van der Waals surface area contributed by atoms with Gasteiger partial charge in [0.05, 0.1) is 7.11 Å². The molecule has 102 valence electrons. The number of esters is 1. The zero-order chi connectivity index (χ0) is 14.1. The highest BCUT2D eigenvalue weighted by Gasteiger charge is 2.38. The fraction of sp³-hybridized carbons (Fsp3) is 0.462. The number of benzene rings is 1. The molecule has 6 nitrogen and oxygen atoms in total. The van der Waals surface area contributed by atoms with Gasteiger partial charge in [0.2, 0.25) is 0 Å². The van der Waals surface area contributed by atoms with E-state index in [2.05, 4.69) is 15.3 Å². The van der Waals surface area contributed by atoms with Gasteiger partial charge in [-0.1, -0.05) is 42.4 Å². The second-order valence-corrected chi connectivity index (χ2v) is 4.00. The van der Waals surface area contributed by atoms with Gasteiger partial charge in [-0.3, -0.25) is 5.32 Å². The van der Waals surface area contributed by atoms with E-state index in [0.717, 1.165) is 5.56 Å². The van der Waals surface area contributed by atoms with Gasteiger partial charge in [0.1, 0.15) is 5.54 Å². The number of nitrogens with one attached hydrogen (secondary N) is 1. The smallest absolute Gasteiger partial charge is 0.330 e. The molecule has 0 aliphatic heterocycles. The Balaban J connectivity index is 3.01. The number of carbonyl (C=O) groups is 1. The fourth-order valence-electron chi connectivity index (χ4n) is 2.03. The van der Waals surface area contributed by atoms with Crippen molar-refractivity contribution in [1.82, 2.24) is 5.32 Å². The average Bonchev–Trinajstić information content (AvgIpc) is 2.48. The third-order valence-corrected chi connectivity index (χ3v) is 3.03. The van der Waals surface area contributed by atoms with Gasteiger partial charge in [0.25, 0.3) is 0 Å². The van der Waals surface area contributed by atoms with E-state index >= 15 is 0 Å². The van der Waals surface area contributed by atoms with Crippen LogP contribution in [0.5, 0.6) is 0 Å². The number of carbonyl (C=O) groups excluding carboxylic acids is 1. The van der Waals surface area contributed by atoms with E-state index in [1.54, 1.807) is 0 Å². The van der Waals surface area contributed by atoms with Crippen molar-refractivity contribution in [2.24, 2.45) is 5.11 Å². The summed E-state index contributed by atoms with van der Waals surface area (Å²) in [4.78, 5) is 14.8. The molecule has 0 heterocycles. The number of azide groups is 1. The maximum Gasteiger partial charge on any atom is 0.330 e. The predicted octanol–water partition coefficient (Wildman–Crippen LogP) is 2.36. The summed E-state index contributed by atoms with van der Waals surface area (Å²) in [6.07, 6.45) is 0.542. The Labute approximate surface area is 112 Å². The molecule has 1 N–H and O–H groups in total. The summed E-state index contributed by atoms with van der Waals surface area (Å²) in [6.45, 7) is 2.59. The summed E-state index contributed by atoms with van der Waals surface area (Å²) >= 11 is 0. The van der Waals surface area contributed by atoms with E-state index in [-0.39, 0.29) is 12.5 Å². The van der Waals surface area contributed by atoms with E-state index < -0.39 is 5.54 Å². The highest BCUT2D eigenvalue weighted by molar-refractivity contribution is 5.82. The highest BCUT2D eigenvalue weighted by Crippen LogP contribution is 2.26. The van der Waals surface area contributed by atoms with Crippen molar-refractivity contribution in [2.75, 3.05) is 20.2 Å². The monoisotopic (exact) mass is 262 g/mol. The zero-order valence-electron chi connectivity index (χ0n) is 11.2. The molecule has 1 atom stereocenters. The minimum atomic E-state index is -0.902. The number of ether oxygens (including phenoxy) is 1. The van der Waals surface area contributed by atoms with Crippen LogP contribution >= 0.6 is 0 Å². The van der Waals surface area contributed by atoms with Crippen LogP contribution in [-0.2, 0) is 15.1 Å². The summed E-state index contributed by atoms with van der Waals surface area (Å²) in [7, 11) is 1.37. The average molecular weight is 262 g/mol. The van der Waals surface area contributed by atoms with Gasteiger partial charge >= 0.3 is 5.97 Å². The maximum absolute atomic E-state index is 12.1. The first-order valence-electron chi connectivity index (χ1n) is 6.11. The van der Waals surface area contributed by atoms with Gasteiger partial charge in [0.15, 0.2) is 0 Å². The molecule has 0 spiro atoms. The Morgan fingerprint density at radius 2 is 2.16 bits per heavy atom. The summed E-state index contributed by atoms with van der Waals surface area (Å²) < 4.78 is 4.91. The number of hydrogen-bond donors (Lipinski definition) is 1. The third-order valence-electron chi connectivity index (χ3n) is 3.03.